The van der Waals surface area contributed by atoms with Crippen molar-refractivity contribution < 1.29 is 9.13 Å². The molecule has 168 valence electrons. The number of methoxy groups -OCH3 is 1. The van der Waals surface area contributed by atoms with Crippen molar-refractivity contribution in [1.29, 1.82) is 0 Å². The Morgan fingerprint density at radius 3 is 2.27 bits per heavy atom. The van der Waals surface area contributed by atoms with E-state index in [2.05, 4.69) is 13.0 Å². The fourth-order valence-electron chi connectivity index (χ4n) is 5.57. The van der Waals surface area contributed by atoms with E-state index in [0.29, 0.717) is 5.75 Å². The van der Waals surface area contributed by atoms with E-state index >= 15 is 0 Å². The van der Waals surface area contributed by atoms with Crippen molar-refractivity contribution >= 4 is 0 Å². The lowest BCUT2D eigenvalue weighted by Gasteiger charge is -2.30. The summed E-state index contributed by atoms with van der Waals surface area (Å²) in [5.74, 6) is 3.02. The lowest BCUT2D eigenvalue weighted by atomic mass is 9.76. The molecule has 2 aliphatic carbocycles. The summed E-state index contributed by atoms with van der Waals surface area (Å²) in [7, 11) is 1.51. The second kappa shape index (κ2) is 12.5. The third kappa shape index (κ3) is 7.43. The second-order valence-electron chi connectivity index (χ2n) is 9.93. The number of rotatable bonds is 11. The molecule has 0 saturated heterocycles. The van der Waals surface area contributed by atoms with Crippen molar-refractivity contribution in [2.75, 3.05) is 7.11 Å². The molecule has 1 saturated carbocycles. The van der Waals surface area contributed by atoms with Crippen molar-refractivity contribution in [3.05, 3.63) is 41.2 Å². The van der Waals surface area contributed by atoms with Gasteiger partial charge in [-0.25, -0.2) is 4.39 Å². The number of aryl methyl sites for hydroxylation is 1. The molecule has 1 aromatic rings. The zero-order valence-electron chi connectivity index (χ0n) is 19.4. The van der Waals surface area contributed by atoms with Crippen LogP contribution < -0.4 is 4.74 Å². The fourth-order valence-corrected chi connectivity index (χ4v) is 5.57. The highest BCUT2D eigenvalue weighted by Crippen LogP contribution is 2.37. The van der Waals surface area contributed by atoms with Gasteiger partial charge in [-0.1, -0.05) is 82.4 Å². The minimum absolute atomic E-state index is 0.248. The van der Waals surface area contributed by atoms with Crippen molar-refractivity contribution in [1.82, 2.24) is 0 Å². The molecule has 0 spiro atoms. The van der Waals surface area contributed by atoms with Gasteiger partial charge in [0, 0.05) is 0 Å². The minimum Gasteiger partial charge on any atom is -0.494 e. The van der Waals surface area contributed by atoms with Gasteiger partial charge in [-0.3, -0.25) is 0 Å². The van der Waals surface area contributed by atoms with Crippen LogP contribution >= 0.6 is 0 Å². The van der Waals surface area contributed by atoms with E-state index in [-0.39, 0.29) is 5.82 Å². The van der Waals surface area contributed by atoms with Crippen LogP contribution in [0.4, 0.5) is 4.39 Å². The smallest absolute Gasteiger partial charge is 0.165 e. The molecule has 30 heavy (non-hydrogen) atoms. The van der Waals surface area contributed by atoms with E-state index in [1.54, 1.807) is 17.7 Å². The number of hydrogen-bond acceptors (Lipinski definition) is 1. The van der Waals surface area contributed by atoms with E-state index in [1.807, 2.05) is 6.07 Å². The van der Waals surface area contributed by atoms with Gasteiger partial charge in [-0.05, 0) is 74.0 Å². The number of allylic oxidation sites excluding steroid dienone is 2. The molecule has 1 atom stereocenters. The highest BCUT2D eigenvalue weighted by Gasteiger charge is 2.22. The standard InChI is InChI=1S/C28H43FO/c1-3-4-5-6-22-7-9-23(10-8-22)11-12-24-13-15-25(16-14-24)17-18-26-19-20-28(30-2)27(29)21-26/h15,19-24H,3-14,16-18H2,1-2H3/t22-,23-,24?. The topological polar surface area (TPSA) is 9.23 Å². The third-order valence-corrected chi connectivity index (χ3v) is 7.73. The van der Waals surface area contributed by atoms with E-state index in [1.165, 1.54) is 90.6 Å². The Labute approximate surface area is 184 Å². The van der Waals surface area contributed by atoms with E-state index in [4.69, 9.17) is 4.74 Å². The number of benzene rings is 1. The van der Waals surface area contributed by atoms with E-state index in [0.717, 1.165) is 36.2 Å². The number of unbranched alkanes of at least 4 members (excludes halogenated alkanes) is 2. The molecule has 2 heteroatoms. The van der Waals surface area contributed by atoms with Gasteiger partial charge in [0.2, 0.25) is 0 Å². The maximum atomic E-state index is 13.9. The lowest BCUT2D eigenvalue weighted by Crippen LogP contribution is -2.16. The summed E-state index contributed by atoms with van der Waals surface area (Å²) < 4.78 is 18.9. The van der Waals surface area contributed by atoms with Crippen molar-refractivity contribution in [2.24, 2.45) is 17.8 Å². The van der Waals surface area contributed by atoms with Gasteiger partial charge >= 0.3 is 0 Å². The second-order valence-corrected chi connectivity index (χ2v) is 9.93. The molecule has 1 nitrogen and oxygen atoms in total. The monoisotopic (exact) mass is 414 g/mol. The van der Waals surface area contributed by atoms with Gasteiger partial charge in [-0.2, -0.15) is 0 Å². The van der Waals surface area contributed by atoms with Crippen LogP contribution in [0, 0.1) is 23.6 Å². The lowest BCUT2D eigenvalue weighted by molar-refractivity contribution is 0.234. The van der Waals surface area contributed by atoms with Crippen LogP contribution in [0.25, 0.3) is 0 Å². The van der Waals surface area contributed by atoms with Crippen LogP contribution in [-0.4, -0.2) is 7.11 Å². The average Bonchev–Trinajstić information content (AvgIpc) is 2.78. The molecule has 2 aliphatic rings. The van der Waals surface area contributed by atoms with Crippen LogP contribution in [0.1, 0.15) is 102 Å². The summed E-state index contributed by atoms with van der Waals surface area (Å²) >= 11 is 0. The fraction of sp³-hybridized carbons (Fsp3) is 0.714. The van der Waals surface area contributed by atoms with Gasteiger partial charge in [0.25, 0.3) is 0 Å². The molecule has 0 heterocycles. The molecule has 0 aromatic heterocycles. The first-order valence-corrected chi connectivity index (χ1v) is 12.7. The first-order valence-electron chi connectivity index (χ1n) is 12.7. The molecular weight excluding hydrogens is 371 g/mol. The Bertz CT molecular complexity index is 657. The summed E-state index contributed by atoms with van der Waals surface area (Å²) in [6.07, 6.45) is 22.9. The highest BCUT2D eigenvalue weighted by atomic mass is 19.1. The first-order chi connectivity index (χ1) is 14.7. The van der Waals surface area contributed by atoms with Gasteiger partial charge in [-0.15, -0.1) is 0 Å². The van der Waals surface area contributed by atoms with Crippen LogP contribution in [0.5, 0.6) is 5.75 Å². The Morgan fingerprint density at radius 1 is 0.900 bits per heavy atom. The van der Waals surface area contributed by atoms with E-state index < -0.39 is 0 Å². The normalized spacial score (nSPS) is 24.5. The SMILES string of the molecule is CCCCC[C@H]1CC[C@H](CCC2CC=C(CCc3ccc(OC)c(F)c3)CC2)CC1. The summed E-state index contributed by atoms with van der Waals surface area (Å²) in [5, 5.41) is 0. The quantitative estimate of drug-likeness (QED) is 0.260. The Kier molecular flexibility index (Phi) is 9.75. The molecule has 0 bridgehead atoms. The molecule has 0 amide bonds. The maximum Gasteiger partial charge on any atom is 0.165 e. The van der Waals surface area contributed by atoms with Gasteiger partial charge in [0.15, 0.2) is 11.6 Å². The molecule has 0 aliphatic heterocycles. The molecule has 0 N–H and O–H groups in total. The van der Waals surface area contributed by atoms with Crippen molar-refractivity contribution in [3.63, 3.8) is 0 Å². The average molecular weight is 415 g/mol. The zero-order valence-corrected chi connectivity index (χ0v) is 19.4. The summed E-state index contributed by atoms with van der Waals surface area (Å²) in [6, 6.07) is 5.37. The maximum absolute atomic E-state index is 13.9. The van der Waals surface area contributed by atoms with Crippen molar-refractivity contribution in [3.8, 4) is 5.75 Å². The van der Waals surface area contributed by atoms with Crippen LogP contribution in [0.15, 0.2) is 29.8 Å². The van der Waals surface area contributed by atoms with Gasteiger partial charge in [0.1, 0.15) is 0 Å². The largest absolute Gasteiger partial charge is 0.494 e. The molecular formula is C28H43FO. The number of ether oxygens (including phenoxy) is 1. The third-order valence-electron chi connectivity index (χ3n) is 7.73. The summed E-state index contributed by atoms with van der Waals surface area (Å²) in [4.78, 5) is 0. The van der Waals surface area contributed by atoms with Crippen molar-refractivity contribution in [2.45, 2.75) is 103 Å². The summed E-state index contributed by atoms with van der Waals surface area (Å²) in [6.45, 7) is 2.31. The number of hydrogen-bond donors (Lipinski definition) is 0. The molecule has 1 fully saturated rings. The molecule has 1 unspecified atom stereocenters. The zero-order chi connectivity index (χ0) is 21.2. The Morgan fingerprint density at radius 2 is 1.63 bits per heavy atom. The molecule has 1 aromatic carbocycles. The van der Waals surface area contributed by atoms with Gasteiger partial charge < -0.3 is 4.74 Å². The predicted octanol–water partition coefficient (Wildman–Crippen LogP) is 8.66. The van der Waals surface area contributed by atoms with Crippen LogP contribution in [-0.2, 0) is 6.42 Å². The van der Waals surface area contributed by atoms with Crippen LogP contribution in [0.3, 0.4) is 0 Å². The minimum atomic E-state index is -0.248. The molecule has 0 radical (unpaired) electrons. The highest BCUT2D eigenvalue weighted by molar-refractivity contribution is 5.29. The van der Waals surface area contributed by atoms with E-state index in [9.17, 15) is 4.39 Å². The Hall–Kier alpha value is -1.31. The number of halogens is 1. The van der Waals surface area contributed by atoms with Gasteiger partial charge in [0.05, 0.1) is 7.11 Å². The first kappa shape index (κ1) is 23.4. The van der Waals surface area contributed by atoms with Crippen LogP contribution in [0.2, 0.25) is 0 Å². The summed E-state index contributed by atoms with van der Waals surface area (Å²) in [5.41, 5.74) is 2.65. The Balaban J connectivity index is 1.31. The predicted molar refractivity (Wildman–Crippen MR) is 126 cm³/mol. The molecule has 3 rings (SSSR count).